The number of anilines is 2. The predicted octanol–water partition coefficient (Wildman–Crippen LogP) is 2.56. The van der Waals surface area contributed by atoms with Crippen LogP contribution in [-0.2, 0) is 4.79 Å². The summed E-state index contributed by atoms with van der Waals surface area (Å²) < 4.78 is 13.0. The predicted molar refractivity (Wildman–Crippen MR) is 87.1 cm³/mol. The van der Waals surface area contributed by atoms with Crippen molar-refractivity contribution in [2.24, 2.45) is 11.3 Å². The van der Waals surface area contributed by atoms with Crippen molar-refractivity contribution in [1.29, 1.82) is 0 Å². The fourth-order valence-corrected chi connectivity index (χ4v) is 4.38. The summed E-state index contributed by atoms with van der Waals surface area (Å²) >= 11 is 1.60. The van der Waals surface area contributed by atoms with Gasteiger partial charge in [0, 0.05) is 25.0 Å². The summed E-state index contributed by atoms with van der Waals surface area (Å²) in [5, 5.41) is 4.00. The molecular weight excluding hydrogens is 315 g/mol. The quantitative estimate of drug-likeness (QED) is 0.848. The van der Waals surface area contributed by atoms with E-state index in [1.165, 1.54) is 12.4 Å². The first kappa shape index (κ1) is 14.6. The van der Waals surface area contributed by atoms with Gasteiger partial charge in [-0.15, -0.1) is 0 Å². The smallest absolute Gasteiger partial charge is 0.235 e. The van der Waals surface area contributed by atoms with E-state index in [4.69, 9.17) is 0 Å². The SMILES string of the molecule is C[C@@H]1CN(c2ncc(F)cn2)C[C@]12CCN(c1ccsc1)C2=O. The first-order chi connectivity index (χ1) is 11.1. The van der Waals surface area contributed by atoms with Gasteiger partial charge in [0.1, 0.15) is 0 Å². The molecule has 120 valence electrons. The first-order valence-corrected chi connectivity index (χ1v) is 8.61. The molecule has 2 aromatic heterocycles. The van der Waals surface area contributed by atoms with Crippen LogP contribution in [0.4, 0.5) is 16.0 Å². The van der Waals surface area contributed by atoms with Gasteiger partial charge in [0.2, 0.25) is 11.9 Å². The Morgan fingerprint density at radius 1 is 1.39 bits per heavy atom. The van der Waals surface area contributed by atoms with Gasteiger partial charge >= 0.3 is 0 Å². The zero-order valence-corrected chi connectivity index (χ0v) is 13.6. The number of rotatable bonds is 2. The number of carbonyl (C=O) groups is 1. The van der Waals surface area contributed by atoms with E-state index in [9.17, 15) is 9.18 Å². The van der Waals surface area contributed by atoms with Crippen molar-refractivity contribution in [2.45, 2.75) is 13.3 Å². The maximum atomic E-state index is 13.1. The second-order valence-corrected chi connectivity index (χ2v) is 7.11. The van der Waals surface area contributed by atoms with E-state index in [-0.39, 0.29) is 17.2 Å². The molecule has 0 aliphatic carbocycles. The summed E-state index contributed by atoms with van der Waals surface area (Å²) in [4.78, 5) is 25.1. The van der Waals surface area contributed by atoms with Crippen LogP contribution in [0, 0.1) is 17.2 Å². The van der Waals surface area contributed by atoms with Gasteiger partial charge in [-0.3, -0.25) is 4.79 Å². The molecule has 2 aromatic rings. The van der Waals surface area contributed by atoms with Crippen molar-refractivity contribution < 1.29 is 9.18 Å². The van der Waals surface area contributed by atoms with Crippen LogP contribution in [0.5, 0.6) is 0 Å². The summed E-state index contributed by atoms with van der Waals surface area (Å²) in [5.41, 5.74) is 0.597. The molecule has 0 saturated carbocycles. The van der Waals surface area contributed by atoms with Crippen molar-refractivity contribution in [3.05, 3.63) is 35.0 Å². The van der Waals surface area contributed by atoms with Crippen molar-refractivity contribution in [3.8, 4) is 0 Å². The highest BCUT2D eigenvalue weighted by Crippen LogP contribution is 2.46. The summed E-state index contributed by atoms with van der Waals surface area (Å²) in [6, 6.07) is 1.99. The average molecular weight is 332 g/mol. The van der Waals surface area contributed by atoms with Gasteiger partial charge in [0.25, 0.3) is 0 Å². The first-order valence-electron chi connectivity index (χ1n) is 7.67. The van der Waals surface area contributed by atoms with Crippen molar-refractivity contribution in [3.63, 3.8) is 0 Å². The number of nitrogens with zero attached hydrogens (tertiary/aromatic N) is 4. The Hall–Kier alpha value is -2.02. The average Bonchev–Trinajstić information content (AvgIpc) is 3.24. The molecule has 1 amide bonds. The Bertz CT molecular complexity index is 720. The van der Waals surface area contributed by atoms with Gasteiger partial charge in [0.15, 0.2) is 5.82 Å². The molecule has 2 aliphatic rings. The van der Waals surface area contributed by atoms with E-state index in [0.717, 1.165) is 25.2 Å². The van der Waals surface area contributed by atoms with Crippen LogP contribution in [-0.4, -0.2) is 35.5 Å². The Morgan fingerprint density at radius 2 is 2.17 bits per heavy atom. The summed E-state index contributed by atoms with van der Waals surface area (Å²) in [7, 11) is 0. The van der Waals surface area contributed by atoms with Crippen LogP contribution in [0.1, 0.15) is 13.3 Å². The highest BCUT2D eigenvalue weighted by molar-refractivity contribution is 7.08. The van der Waals surface area contributed by atoms with E-state index in [0.29, 0.717) is 12.5 Å². The molecule has 2 fully saturated rings. The Kier molecular flexibility index (Phi) is 3.33. The number of halogens is 1. The lowest BCUT2D eigenvalue weighted by molar-refractivity contribution is -0.126. The molecule has 7 heteroatoms. The Labute approximate surface area is 137 Å². The normalized spacial score (nSPS) is 27.4. The summed E-state index contributed by atoms with van der Waals surface area (Å²) in [6.07, 6.45) is 3.18. The second-order valence-electron chi connectivity index (χ2n) is 6.33. The minimum Gasteiger partial charge on any atom is -0.339 e. The number of thiophene rings is 1. The maximum Gasteiger partial charge on any atom is 0.235 e. The molecule has 2 saturated heterocycles. The highest BCUT2D eigenvalue weighted by atomic mass is 32.1. The molecule has 0 aromatic carbocycles. The number of hydrogen-bond acceptors (Lipinski definition) is 5. The molecule has 0 radical (unpaired) electrons. The van der Waals surface area contributed by atoms with Gasteiger partial charge in [-0.2, -0.15) is 11.3 Å². The third-order valence-electron chi connectivity index (χ3n) is 5.07. The zero-order valence-electron chi connectivity index (χ0n) is 12.8. The molecule has 0 unspecified atom stereocenters. The van der Waals surface area contributed by atoms with Crippen LogP contribution in [0.25, 0.3) is 0 Å². The molecule has 0 bridgehead atoms. The molecular formula is C16H17FN4OS. The summed E-state index contributed by atoms with van der Waals surface area (Å²) in [5.74, 6) is 0.452. The minimum atomic E-state index is -0.448. The fraction of sp³-hybridized carbons (Fsp3) is 0.438. The Balaban J connectivity index is 1.60. The van der Waals surface area contributed by atoms with Gasteiger partial charge in [-0.1, -0.05) is 6.92 Å². The lowest BCUT2D eigenvalue weighted by atomic mass is 9.78. The fourth-order valence-electron chi connectivity index (χ4n) is 3.74. The molecule has 2 atom stereocenters. The third kappa shape index (κ3) is 2.22. The molecule has 23 heavy (non-hydrogen) atoms. The molecule has 0 N–H and O–H groups in total. The zero-order chi connectivity index (χ0) is 16.0. The highest BCUT2D eigenvalue weighted by Gasteiger charge is 2.55. The van der Waals surface area contributed by atoms with Crippen LogP contribution < -0.4 is 9.80 Å². The largest absolute Gasteiger partial charge is 0.339 e. The standard InChI is InChI=1S/C16H17FN4OS/c1-11-8-20(15-18-6-12(17)7-19-15)10-16(11)3-4-21(14(16)22)13-2-5-23-9-13/h2,5-7,9,11H,3-4,8,10H2,1H3/t11-,16-/m1/s1. The molecule has 4 rings (SSSR count). The molecule has 5 nitrogen and oxygen atoms in total. The van der Waals surface area contributed by atoms with Gasteiger partial charge < -0.3 is 9.80 Å². The van der Waals surface area contributed by atoms with Crippen LogP contribution in [0.3, 0.4) is 0 Å². The van der Waals surface area contributed by atoms with E-state index in [1.54, 1.807) is 11.3 Å². The van der Waals surface area contributed by atoms with E-state index >= 15 is 0 Å². The lowest BCUT2D eigenvalue weighted by Crippen LogP contribution is -2.39. The lowest BCUT2D eigenvalue weighted by Gasteiger charge is -2.26. The number of carbonyl (C=O) groups excluding carboxylic acids is 1. The summed E-state index contributed by atoms with van der Waals surface area (Å²) in [6.45, 7) is 4.17. The van der Waals surface area contributed by atoms with Crippen LogP contribution in [0.2, 0.25) is 0 Å². The Morgan fingerprint density at radius 3 is 2.87 bits per heavy atom. The molecule has 4 heterocycles. The second kappa shape index (κ2) is 5.26. The van der Waals surface area contributed by atoms with Gasteiger partial charge in [-0.05, 0) is 23.8 Å². The van der Waals surface area contributed by atoms with E-state index in [1.807, 2.05) is 26.6 Å². The van der Waals surface area contributed by atoms with Crippen molar-refractivity contribution in [2.75, 3.05) is 29.4 Å². The van der Waals surface area contributed by atoms with Gasteiger partial charge in [-0.25, -0.2) is 14.4 Å². The monoisotopic (exact) mass is 332 g/mol. The maximum absolute atomic E-state index is 13.1. The van der Waals surface area contributed by atoms with Crippen LogP contribution in [0.15, 0.2) is 29.2 Å². The van der Waals surface area contributed by atoms with Gasteiger partial charge in [0.05, 0.1) is 23.5 Å². The minimum absolute atomic E-state index is 0.188. The number of amides is 1. The number of aromatic nitrogens is 2. The molecule has 2 aliphatic heterocycles. The van der Waals surface area contributed by atoms with E-state index in [2.05, 4.69) is 16.9 Å². The van der Waals surface area contributed by atoms with Crippen molar-refractivity contribution in [1.82, 2.24) is 9.97 Å². The molecule has 1 spiro atoms. The number of hydrogen-bond donors (Lipinski definition) is 0. The van der Waals surface area contributed by atoms with E-state index < -0.39 is 5.82 Å². The topological polar surface area (TPSA) is 49.3 Å². The third-order valence-corrected chi connectivity index (χ3v) is 5.74. The van der Waals surface area contributed by atoms with Crippen molar-refractivity contribution >= 4 is 28.9 Å². The van der Waals surface area contributed by atoms with Crippen LogP contribution >= 0.6 is 11.3 Å².